The van der Waals surface area contributed by atoms with Gasteiger partial charge in [0.05, 0.1) is 12.2 Å². The van der Waals surface area contributed by atoms with Crippen molar-refractivity contribution < 1.29 is 0 Å². The molecule has 21 heavy (non-hydrogen) atoms. The molecular formula is C14H22N6S. The first-order chi connectivity index (χ1) is 10.3. The zero-order valence-electron chi connectivity index (χ0n) is 12.4. The molecule has 1 aliphatic rings. The molecular weight excluding hydrogens is 284 g/mol. The van der Waals surface area contributed by atoms with E-state index in [-0.39, 0.29) is 6.04 Å². The highest BCUT2D eigenvalue weighted by Crippen LogP contribution is 2.24. The SMILES string of the molecule is CCn1cc(C(CN)N2CCN(c3nccs3)CC2)cn1. The van der Waals surface area contributed by atoms with Crippen molar-refractivity contribution in [2.45, 2.75) is 19.5 Å². The molecule has 6 nitrogen and oxygen atoms in total. The lowest BCUT2D eigenvalue weighted by atomic mass is 10.1. The fourth-order valence-corrected chi connectivity index (χ4v) is 3.51. The number of piperazine rings is 1. The maximum absolute atomic E-state index is 6.01. The van der Waals surface area contributed by atoms with Gasteiger partial charge in [-0.05, 0) is 6.92 Å². The van der Waals surface area contributed by atoms with Gasteiger partial charge in [-0.1, -0.05) is 0 Å². The molecule has 0 bridgehead atoms. The van der Waals surface area contributed by atoms with Crippen molar-refractivity contribution in [1.82, 2.24) is 19.7 Å². The van der Waals surface area contributed by atoms with Crippen LogP contribution < -0.4 is 10.6 Å². The maximum atomic E-state index is 6.01. The third-order valence-electron chi connectivity index (χ3n) is 4.03. The molecule has 2 aromatic heterocycles. The molecule has 0 aromatic carbocycles. The fourth-order valence-electron chi connectivity index (χ4n) is 2.82. The van der Waals surface area contributed by atoms with Gasteiger partial charge >= 0.3 is 0 Å². The van der Waals surface area contributed by atoms with Gasteiger partial charge in [-0.3, -0.25) is 9.58 Å². The average molecular weight is 306 g/mol. The molecule has 1 aliphatic heterocycles. The molecule has 0 spiro atoms. The van der Waals surface area contributed by atoms with E-state index in [0.717, 1.165) is 37.9 Å². The Bertz CT molecular complexity index is 544. The number of hydrogen-bond donors (Lipinski definition) is 1. The third-order valence-corrected chi connectivity index (χ3v) is 4.86. The quantitative estimate of drug-likeness (QED) is 0.899. The second-order valence-corrected chi connectivity index (χ2v) is 6.09. The molecule has 2 N–H and O–H groups in total. The fraction of sp³-hybridized carbons (Fsp3) is 0.571. The maximum Gasteiger partial charge on any atom is 0.185 e. The van der Waals surface area contributed by atoms with Crippen molar-refractivity contribution in [1.29, 1.82) is 0 Å². The second kappa shape index (κ2) is 6.55. The first kappa shape index (κ1) is 14.5. The largest absolute Gasteiger partial charge is 0.346 e. The zero-order valence-corrected chi connectivity index (χ0v) is 13.2. The summed E-state index contributed by atoms with van der Waals surface area (Å²) in [7, 11) is 0. The van der Waals surface area contributed by atoms with Crippen molar-refractivity contribution in [2.75, 3.05) is 37.6 Å². The third kappa shape index (κ3) is 3.09. The number of aryl methyl sites for hydroxylation is 1. The van der Waals surface area contributed by atoms with Crippen LogP contribution in [0, 0.1) is 0 Å². The number of nitrogens with zero attached hydrogens (tertiary/aromatic N) is 5. The zero-order chi connectivity index (χ0) is 14.7. The summed E-state index contributed by atoms with van der Waals surface area (Å²) in [4.78, 5) is 9.20. The summed E-state index contributed by atoms with van der Waals surface area (Å²) in [5, 5.41) is 7.52. The Kier molecular flexibility index (Phi) is 4.52. The molecule has 1 unspecified atom stereocenters. The van der Waals surface area contributed by atoms with E-state index in [1.54, 1.807) is 11.3 Å². The van der Waals surface area contributed by atoms with E-state index in [1.807, 2.05) is 22.5 Å². The van der Waals surface area contributed by atoms with Crippen LogP contribution >= 0.6 is 11.3 Å². The first-order valence-corrected chi connectivity index (χ1v) is 8.30. The van der Waals surface area contributed by atoms with E-state index in [4.69, 9.17) is 5.73 Å². The van der Waals surface area contributed by atoms with Crippen LogP contribution in [0.5, 0.6) is 0 Å². The van der Waals surface area contributed by atoms with E-state index in [1.165, 1.54) is 5.56 Å². The minimum Gasteiger partial charge on any atom is -0.346 e. The summed E-state index contributed by atoms with van der Waals surface area (Å²) in [6, 6.07) is 0.267. The van der Waals surface area contributed by atoms with Gasteiger partial charge in [0.15, 0.2) is 5.13 Å². The number of thiazole rings is 1. The summed E-state index contributed by atoms with van der Waals surface area (Å²) < 4.78 is 1.96. The molecule has 1 saturated heterocycles. The Balaban J connectivity index is 1.64. The molecule has 0 radical (unpaired) electrons. The first-order valence-electron chi connectivity index (χ1n) is 7.42. The normalized spacial score (nSPS) is 18.1. The van der Waals surface area contributed by atoms with Gasteiger partial charge in [-0.2, -0.15) is 5.10 Å². The van der Waals surface area contributed by atoms with Crippen molar-refractivity contribution in [3.8, 4) is 0 Å². The van der Waals surface area contributed by atoms with E-state index in [0.29, 0.717) is 6.54 Å². The lowest BCUT2D eigenvalue weighted by molar-refractivity contribution is 0.190. The Morgan fingerprint density at radius 2 is 2.14 bits per heavy atom. The van der Waals surface area contributed by atoms with E-state index in [9.17, 15) is 0 Å². The predicted molar refractivity (Wildman–Crippen MR) is 85.6 cm³/mol. The highest BCUT2D eigenvalue weighted by Gasteiger charge is 2.25. The molecule has 0 aliphatic carbocycles. The van der Waals surface area contributed by atoms with Gasteiger partial charge in [-0.25, -0.2) is 4.98 Å². The number of aromatic nitrogens is 3. The van der Waals surface area contributed by atoms with Crippen molar-refractivity contribution in [2.24, 2.45) is 5.73 Å². The number of hydrogen-bond acceptors (Lipinski definition) is 6. The molecule has 0 saturated carbocycles. The van der Waals surface area contributed by atoms with Gasteiger partial charge in [-0.15, -0.1) is 11.3 Å². The minimum atomic E-state index is 0.267. The number of rotatable bonds is 5. The van der Waals surface area contributed by atoms with Gasteiger partial charge in [0.25, 0.3) is 0 Å². The highest BCUT2D eigenvalue weighted by atomic mass is 32.1. The predicted octanol–water partition coefficient (Wildman–Crippen LogP) is 1.18. The monoisotopic (exact) mass is 306 g/mol. The summed E-state index contributed by atoms with van der Waals surface area (Å²) >= 11 is 1.71. The van der Waals surface area contributed by atoms with Gasteiger partial charge < -0.3 is 10.6 Å². The van der Waals surface area contributed by atoms with E-state index >= 15 is 0 Å². The van der Waals surface area contributed by atoms with Crippen LogP contribution in [0.15, 0.2) is 24.0 Å². The van der Waals surface area contributed by atoms with Crippen LogP contribution in [0.3, 0.4) is 0 Å². The lowest BCUT2D eigenvalue weighted by Crippen LogP contribution is -2.49. The minimum absolute atomic E-state index is 0.267. The van der Waals surface area contributed by atoms with Crippen molar-refractivity contribution >= 4 is 16.5 Å². The van der Waals surface area contributed by atoms with E-state index < -0.39 is 0 Å². The molecule has 114 valence electrons. The topological polar surface area (TPSA) is 63.2 Å². The molecule has 0 amide bonds. The van der Waals surface area contributed by atoms with Gasteiger partial charge in [0.1, 0.15) is 0 Å². The van der Waals surface area contributed by atoms with Crippen LogP contribution in [0.4, 0.5) is 5.13 Å². The smallest absolute Gasteiger partial charge is 0.185 e. The van der Waals surface area contributed by atoms with Crippen molar-refractivity contribution in [3.63, 3.8) is 0 Å². The number of nitrogens with two attached hydrogens (primary N) is 1. The Morgan fingerprint density at radius 1 is 1.33 bits per heavy atom. The van der Waals surface area contributed by atoms with Crippen molar-refractivity contribution in [3.05, 3.63) is 29.5 Å². The molecule has 2 aromatic rings. The van der Waals surface area contributed by atoms with Crippen LogP contribution in [-0.4, -0.2) is 52.4 Å². The number of anilines is 1. The standard InChI is InChI=1S/C14H22N6S/c1-2-20-11-12(10-17-20)13(9-15)18-4-6-19(7-5-18)14-16-3-8-21-14/h3,8,10-11,13H,2,4-7,9,15H2,1H3. The van der Waals surface area contributed by atoms with Gasteiger partial charge in [0, 0.05) is 62.6 Å². The summed E-state index contributed by atoms with van der Waals surface area (Å²) in [6.07, 6.45) is 5.94. The lowest BCUT2D eigenvalue weighted by Gasteiger charge is -2.38. The Morgan fingerprint density at radius 3 is 2.71 bits per heavy atom. The summed E-state index contributed by atoms with van der Waals surface area (Å²) in [5.41, 5.74) is 7.24. The van der Waals surface area contributed by atoms with Crippen LogP contribution in [0.25, 0.3) is 0 Å². The molecule has 1 atom stereocenters. The molecule has 7 heteroatoms. The van der Waals surface area contributed by atoms with Gasteiger partial charge in [0.2, 0.25) is 0 Å². The molecule has 3 rings (SSSR count). The van der Waals surface area contributed by atoms with Crippen LogP contribution in [0.1, 0.15) is 18.5 Å². The second-order valence-electron chi connectivity index (χ2n) is 5.22. The Hall–Kier alpha value is -1.44. The summed E-state index contributed by atoms with van der Waals surface area (Å²) in [6.45, 7) is 7.66. The highest BCUT2D eigenvalue weighted by molar-refractivity contribution is 7.13. The molecule has 3 heterocycles. The average Bonchev–Trinajstić information content (AvgIpc) is 3.20. The summed E-state index contributed by atoms with van der Waals surface area (Å²) in [5.74, 6) is 0. The Labute approximate surface area is 129 Å². The molecule has 1 fully saturated rings. The van der Waals surface area contributed by atoms with Crippen LogP contribution in [0.2, 0.25) is 0 Å². The van der Waals surface area contributed by atoms with E-state index in [2.05, 4.69) is 33.0 Å². The van der Waals surface area contributed by atoms with Crippen LogP contribution in [-0.2, 0) is 6.54 Å².